The van der Waals surface area contributed by atoms with Gasteiger partial charge >= 0.3 is 12.1 Å². The maximum absolute atomic E-state index is 11.1. The topological polar surface area (TPSA) is 26.3 Å². The molecule has 2 nitrogen and oxygen atoms in total. The third-order valence-electron chi connectivity index (χ3n) is 0.483. The highest BCUT2D eigenvalue weighted by molar-refractivity contribution is 5.79. The van der Waals surface area contributed by atoms with Gasteiger partial charge in [-0.25, -0.2) is 0 Å². The summed E-state index contributed by atoms with van der Waals surface area (Å²) >= 11 is 0. The standard InChI is InChI=1S/C4H4F3O2/c1-9-3(8)2-4(5,6)7/h2H,1H3. The predicted octanol–water partition coefficient (Wildman–Crippen LogP) is 0.926. The number of alkyl halides is 3. The highest BCUT2D eigenvalue weighted by Gasteiger charge is 2.32. The molecule has 0 saturated carbocycles. The number of carbonyl (C=O) groups excluding carboxylic acids is 1. The molecular weight excluding hydrogens is 137 g/mol. The second-order valence-corrected chi connectivity index (χ2v) is 1.21. The van der Waals surface area contributed by atoms with Gasteiger partial charge in [0.25, 0.3) is 0 Å². The fraction of sp³-hybridized carbons (Fsp3) is 0.500. The van der Waals surface area contributed by atoms with Gasteiger partial charge in [-0.1, -0.05) is 0 Å². The molecule has 0 aromatic rings. The third kappa shape index (κ3) is 5.13. The summed E-state index contributed by atoms with van der Waals surface area (Å²) in [4.78, 5) is 9.83. The van der Waals surface area contributed by atoms with E-state index in [0.717, 1.165) is 7.11 Å². The van der Waals surface area contributed by atoms with Crippen molar-refractivity contribution in [2.24, 2.45) is 0 Å². The van der Waals surface area contributed by atoms with Gasteiger partial charge in [0.15, 0.2) is 6.42 Å². The molecule has 1 radical (unpaired) electrons. The van der Waals surface area contributed by atoms with Crippen LogP contribution in [0.4, 0.5) is 13.2 Å². The summed E-state index contributed by atoms with van der Waals surface area (Å²) in [5.41, 5.74) is 0. The molecule has 5 heteroatoms. The van der Waals surface area contributed by atoms with Gasteiger partial charge in [-0.3, -0.25) is 4.79 Å². The normalized spacial score (nSPS) is 11.1. The first-order chi connectivity index (χ1) is 3.95. The number of esters is 1. The van der Waals surface area contributed by atoms with Crippen molar-refractivity contribution in [3.63, 3.8) is 0 Å². The van der Waals surface area contributed by atoms with E-state index >= 15 is 0 Å². The fourth-order valence-electron chi connectivity index (χ4n) is 0.193. The van der Waals surface area contributed by atoms with E-state index in [2.05, 4.69) is 4.74 Å². The molecule has 0 atom stereocenters. The van der Waals surface area contributed by atoms with E-state index in [9.17, 15) is 18.0 Å². The van der Waals surface area contributed by atoms with E-state index in [0.29, 0.717) is 0 Å². The van der Waals surface area contributed by atoms with E-state index < -0.39 is 18.6 Å². The van der Waals surface area contributed by atoms with Crippen LogP contribution >= 0.6 is 0 Å². The van der Waals surface area contributed by atoms with Gasteiger partial charge < -0.3 is 4.74 Å². The van der Waals surface area contributed by atoms with E-state index in [1.165, 1.54) is 0 Å². The SMILES string of the molecule is COC(=O)[CH]C(F)(F)F. The zero-order valence-electron chi connectivity index (χ0n) is 4.53. The van der Waals surface area contributed by atoms with Crippen LogP contribution in [0.25, 0.3) is 0 Å². The molecule has 0 N–H and O–H groups in total. The zero-order valence-corrected chi connectivity index (χ0v) is 4.53. The first kappa shape index (κ1) is 8.26. The molecule has 0 aliphatic rings. The number of methoxy groups -OCH3 is 1. The highest BCUT2D eigenvalue weighted by Crippen LogP contribution is 2.18. The van der Waals surface area contributed by atoms with Crippen molar-refractivity contribution in [2.75, 3.05) is 7.11 Å². The average Bonchev–Trinajstić information content (AvgIpc) is 1.62. The number of rotatable bonds is 1. The monoisotopic (exact) mass is 141 g/mol. The smallest absolute Gasteiger partial charge is 0.403 e. The summed E-state index contributed by atoms with van der Waals surface area (Å²) in [5.74, 6) is -1.39. The molecule has 9 heavy (non-hydrogen) atoms. The van der Waals surface area contributed by atoms with Crippen LogP contribution in [0.1, 0.15) is 0 Å². The molecule has 0 rings (SSSR count). The summed E-state index contributed by atoms with van der Waals surface area (Å²) in [5, 5.41) is 0. The van der Waals surface area contributed by atoms with Gasteiger partial charge in [0.1, 0.15) is 0 Å². The van der Waals surface area contributed by atoms with Gasteiger partial charge in [0, 0.05) is 0 Å². The Labute approximate surface area is 49.6 Å². The molecule has 0 aromatic carbocycles. The minimum absolute atomic E-state index is 0.451. The number of carbonyl (C=O) groups is 1. The van der Waals surface area contributed by atoms with Crippen LogP contribution in [0.3, 0.4) is 0 Å². The van der Waals surface area contributed by atoms with Gasteiger partial charge in [-0.15, -0.1) is 0 Å². The lowest BCUT2D eigenvalue weighted by Crippen LogP contribution is -2.16. The Morgan fingerprint density at radius 3 is 2.11 bits per heavy atom. The molecule has 0 spiro atoms. The molecule has 0 amide bonds. The van der Waals surface area contributed by atoms with E-state index in [4.69, 9.17) is 0 Å². The van der Waals surface area contributed by atoms with Crippen molar-refractivity contribution >= 4 is 5.97 Å². The first-order valence-electron chi connectivity index (χ1n) is 1.96. The minimum atomic E-state index is -4.58. The third-order valence-corrected chi connectivity index (χ3v) is 0.483. The maximum atomic E-state index is 11.1. The minimum Gasteiger partial charge on any atom is -0.469 e. The maximum Gasteiger partial charge on any atom is 0.403 e. The Hall–Kier alpha value is -0.740. The number of halogens is 3. The zero-order chi connectivity index (χ0) is 7.49. The van der Waals surface area contributed by atoms with Crippen LogP contribution in [-0.4, -0.2) is 19.3 Å². The van der Waals surface area contributed by atoms with Crippen molar-refractivity contribution in [2.45, 2.75) is 6.18 Å². The molecule has 0 bridgehead atoms. The molecule has 0 unspecified atom stereocenters. The first-order valence-corrected chi connectivity index (χ1v) is 1.96. The largest absolute Gasteiger partial charge is 0.469 e. The molecule has 0 aromatic heterocycles. The highest BCUT2D eigenvalue weighted by atomic mass is 19.4. The van der Waals surface area contributed by atoms with Crippen molar-refractivity contribution in [1.82, 2.24) is 0 Å². The summed E-state index contributed by atoms with van der Waals surface area (Å²) in [7, 11) is 0.880. The van der Waals surface area contributed by atoms with Crippen LogP contribution in [-0.2, 0) is 9.53 Å². The number of ether oxygens (including phenoxy) is 1. The van der Waals surface area contributed by atoms with E-state index in [1.807, 2.05) is 0 Å². The van der Waals surface area contributed by atoms with Crippen LogP contribution < -0.4 is 0 Å². The quantitative estimate of drug-likeness (QED) is 0.507. The average molecular weight is 141 g/mol. The molecule has 53 valence electrons. The Morgan fingerprint density at radius 1 is 1.56 bits per heavy atom. The second kappa shape index (κ2) is 2.70. The Kier molecular flexibility index (Phi) is 2.48. The second-order valence-electron chi connectivity index (χ2n) is 1.21. The van der Waals surface area contributed by atoms with Crippen molar-refractivity contribution < 1.29 is 22.7 Å². The molecular formula is C4H4F3O2. The van der Waals surface area contributed by atoms with Crippen molar-refractivity contribution in [3.8, 4) is 0 Å². The van der Waals surface area contributed by atoms with Crippen LogP contribution in [0.2, 0.25) is 0 Å². The van der Waals surface area contributed by atoms with Crippen LogP contribution in [0, 0.1) is 6.42 Å². The molecule has 0 heterocycles. The predicted molar refractivity (Wildman–Crippen MR) is 22.4 cm³/mol. The number of hydrogen-bond donors (Lipinski definition) is 0. The number of hydrogen-bond acceptors (Lipinski definition) is 2. The Morgan fingerprint density at radius 2 is 2.00 bits per heavy atom. The van der Waals surface area contributed by atoms with Crippen LogP contribution in [0.5, 0.6) is 0 Å². The summed E-state index contributed by atoms with van der Waals surface area (Å²) in [6, 6.07) is 0. The molecule has 0 saturated heterocycles. The lowest BCUT2D eigenvalue weighted by atomic mass is 10.4. The summed E-state index contributed by atoms with van der Waals surface area (Å²) in [6.45, 7) is 0. The van der Waals surface area contributed by atoms with Gasteiger partial charge in [-0.2, -0.15) is 13.2 Å². The lowest BCUT2D eigenvalue weighted by Gasteiger charge is -2.01. The Bertz CT molecular complexity index is 107. The fourth-order valence-corrected chi connectivity index (χ4v) is 0.193. The summed E-state index contributed by atoms with van der Waals surface area (Å²) < 4.78 is 37.1. The van der Waals surface area contributed by atoms with Crippen molar-refractivity contribution in [3.05, 3.63) is 6.42 Å². The van der Waals surface area contributed by atoms with E-state index in [1.54, 1.807) is 0 Å². The van der Waals surface area contributed by atoms with Gasteiger partial charge in [-0.05, 0) is 0 Å². The van der Waals surface area contributed by atoms with E-state index in [-0.39, 0.29) is 0 Å². The van der Waals surface area contributed by atoms with Crippen LogP contribution in [0.15, 0.2) is 0 Å². The van der Waals surface area contributed by atoms with Gasteiger partial charge in [0.05, 0.1) is 7.11 Å². The summed E-state index contributed by atoms with van der Waals surface area (Å²) in [6.07, 6.45) is -5.03. The van der Waals surface area contributed by atoms with Gasteiger partial charge in [0.2, 0.25) is 0 Å². The molecule has 0 fully saturated rings. The lowest BCUT2D eigenvalue weighted by molar-refractivity contribution is -0.149. The Balaban J connectivity index is 3.60. The molecule has 0 aliphatic carbocycles. The molecule has 0 aliphatic heterocycles. The van der Waals surface area contributed by atoms with Crippen molar-refractivity contribution in [1.29, 1.82) is 0 Å².